The van der Waals surface area contributed by atoms with Crippen LogP contribution >= 0.6 is 11.6 Å². The lowest BCUT2D eigenvalue weighted by Crippen LogP contribution is -2.02. The van der Waals surface area contributed by atoms with Crippen LogP contribution in [-0.2, 0) is 9.84 Å². The first kappa shape index (κ1) is 14.5. The van der Waals surface area contributed by atoms with Crippen LogP contribution in [0.25, 0.3) is 0 Å². The Hall–Kier alpha value is -1.92. The molecule has 0 aromatic heterocycles. The van der Waals surface area contributed by atoms with Gasteiger partial charge in [-0.1, -0.05) is 17.7 Å². The Bertz CT molecular complexity index is 732. The molecule has 20 heavy (non-hydrogen) atoms. The SMILES string of the molecule is COc1cccc(S(=O)(=O)c2cc(O)c(O)c(Cl)c2)c1. The van der Waals surface area contributed by atoms with Crippen molar-refractivity contribution in [3.8, 4) is 17.2 Å². The van der Waals surface area contributed by atoms with Crippen LogP contribution in [0.15, 0.2) is 46.2 Å². The van der Waals surface area contributed by atoms with Crippen molar-refractivity contribution in [2.24, 2.45) is 0 Å². The number of benzene rings is 2. The van der Waals surface area contributed by atoms with Gasteiger partial charge in [-0.15, -0.1) is 0 Å². The van der Waals surface area contributed by atoms with Crippen molar-refractivity contribution in [1.82, 2.24) is 0 Å². The van der Waals surface area contributed by atoms with Gasteiger partial charge in [-0.25, -0.2) is 8.42 Å². The molecule has 5 nitrogen and oxygen atoms in total. The highest BCUT2D eigenvalue weighted by Gasteiger charge is 2.21. The molecule has 0 spiro atoms. The Balaban J connectivity index is 2.60. The Morgan fingerprint density at radius 3 is 2.40 bits per heavy atom. The average molecular weight is 315 g/mol. The summed E-state index contributed by atoms with van der Waals surface area (Å²) in [6.07, 6.45) is 0. The lowest BCUT2D eigenvalue weighted by atomic mass is 10.3. The van der Waals surface area contributed by atoms with Crippen molar-refractivity contribution in [2.75, 3.05) is 7.11 Å². The van der Waals surface area contributed by atoms with Crippen molar-refractivity contribution in [3.05, 3.63) is 41.4 Å². The van der Waals surface area contributed by atoms with Gasteiger partial charge in [0.2, 0.25) is 9.84 Å². The Kier molecular flexibility index (Phi) is 3.78. The van der Waals surface area contributed by atoms with Gasteiger partial charge < -0.3 is 14.9 Å². The van der Waals surface area contributed by atoms with Crippen LogP contribution in [0.4, 0.5) is 0 Å². The third kappa shape index (κ3) is 2.52. The molecular formula is C13H11ClO5S. The van der Waals surface area contributed by atoms with Crippen LogP contribution in [0.3, 0.4) is 0 Å². The van der Waals surface area contributed by atoms with E-state index in [9.17, 15) is 18.6 Å². The Labute approximate surface area is 120 Å². The minimum Gasteiger partial charge on any atom is -0.504 e. The van der Waals surface area contributed by atoms with Gasteiger partial charge in [-0.2, -0.15) is 0 Å². The minimum absolute atomic E-state index is 0.00185. The van der Waals surface area contributed by atoms with Crippen LogP contribution in [-0.4, -0.2) is 25.7 Å². The molecule has 0 aliphatic rings. The second kappa shape index (κ2) is 5.22. The molecule has 0 heterocycles. The zero-order valence-electron chi connectivity index (χ0n) is 10.4. The maximum atomic E-state index is 12.4. The number of phenols is 2. The first-order valence-electron chi connectivity index (χ1n) is 5.47. The third-order valence-corrected chi connectivity index (χ3v) is 4.70. The number of aromatic hydroxyl groups is 2. The number of methoxy groups -OCH3 is 1. The van der Waals surface area contributed by atoms with Crippen molar-refractivity contribution >= 4 is 21.4 Å². The molecule has 2 rings (SSSR count). The zero-order valence-corrected chi connectivity index (χ0v) is 11.9. The summed E-state index contributed by atoms with van der Waals surface area (Å²) in [5.41, 5.74) is 0. The molecule has 2 aromatic carbocycles. The number of ether oxygens (including phenoxy) is 1. The van der Waals surface area contributed by atoms with E-state index in [4.69, 9.17) is 16.3 Å². The fraction of sp³-hybridized carbons (Fsp3) is 0.0769. The largest absolute Gasteiger partial charge is 0.504 e. The van der Waals surface area contributed by atoms with Crippen molar-refractivity contribution < 1.29 is 23.4 Å². The molecule has 0 aliphatic carbocycles. The average Bonchev–Trinajstić information content (AvgIpc) is 2.44. The number of phenolic OH excluding ortho intramolecular Hbond substituents is 2. The Morgan fingerprint density at radius 1 is 1.10 bits per heavy atom. The molecule has 0 saturated heterocycles. The highest BCUT2D eigenvalue weighted by Crippen LogP contribution is 2.37. The van der Waals surface area contributed by atoms with Crippen LogP contribution in [0, 0.1) is 0 Å². The summed E-state index contributed by atoms with van der Waals surface area (Å²) in [6, 6.07) is 7.91. The van der Waals surface area contributed by atoms with Crippen molar-refractivity contribution in [3.63, 3.8) is 0 Å². The summed E-state index contributed by atoms with van der Waals surface area (Å²) in [7, 11) is -2.44. The molecule has 106 valence electrons. The van der Waals surface area contributed by atoms with E-state index in [1.54, 1.807) is 6.07 Å². The summed E-state index contributed by atoms with van der Waals surface area (Å²) >= 11 is 5.67. The highest BCUT2D eigenvalue weighted by atomic mass is 35.5. The second-order valence-electron chi connectivity index (χ2n) is 3.96. The van der Waals surface area contributed by atoms with E-state index in [-0.39, 0.29) is 14.8 Å². The minimum atomic E-state index is -3.87. The standard InChI is InChI=1S/C13H11ClO5S/c1-19-8-3-2-4-9(5-8)20(17,18)10-6-11(14)13(16)12(15)7-10/h2-7,15-16H,1H3. The summed E-state index contributed by atoms with van der Waals surface area (Å²) in [5.74, 6) is -0.768. The molecule has 2 aromatic rings. The molecule has 0 bridgehead atoms. The van der Waals surface area contributed by atoms with Gasteiger partial charge in [-0.05, 0) is 24.3 Å². The van der Waals surface area contributed by atoms with E-state index >= 15 is 0 Å². The predicted octanol–water partition coefficient (Wildman–Crippen LogP) is 2.59. The topological polar surface area (TPSA) is 83.8 Å². The lowest BCUT2D eigenvalue weighted by molar-refractivity contribution is 0.402. The fourth-order valence-electron chi connectivity index (χ4n) is 1.62. The predicted molar refractivity (Wildman–Crippen MR) is 73.2 cm³/mol. The second-order valence-corrected chi connectivity index (χ2v) is 6.31. The molecule has 0 unspecified atom stereocenters. The van der Waals surface area contributed by atoms with Crippen LogP contribution in [0.1, 0.15) is 0 Å². The number of hydrogen-bond acceptors (Lipinski definition) is 5. The smallest absolute Gasteiger partial charge is 0.206 e. The first-order valence-corrected chi connectivity index (χ1v) is 7.33. The summed E-state index contributed by atoms with van der Waals surface area (Å²) in [4.78, 5) is -0.218. The Morgan fingerprint density at radius 2 is 1.80 bits per heavy atom. The summed E-state index contributed by atoms with van der Waals surface area (Å²) < 4.78 is 29.8. The molecule has 2 N–H and O–H groups in total. The van der Waals surface area contributed by atoms with Crippen molar-refractivity contribution in [2.45, 2.75) is 9.79 Å². The molecule has 0 amide bonds. The van der Waals surface area contributed by atoms with Gasteiger partial charge >= 0.3 is 0 Å². The fourth-order valence-corrected chi connectivity index (χ4v) is 3.24. The van der Waals surface area contributed by atoms with Gasteiger partial charge in [0.25, 0.3) is 0 Å². The third-order valence-electron chi connectivity index (χ3n) is 2.68. The molecule has 7 heteroatoms. The van der Waals surface area contributed by atoms with E-state index in [1.165, 1.54) is 25.3 Å². The molecule has 0 aliphatic heterocycles. The zero-order chi connectivity index (χ0) is 14.9. The van der Waals surface area contributed by atoms with Gasteiger partial charge in [0, 0.05) is 6.07 Å². The number of sulfone groups is 1. The molecule has 0 radical (unpaired) electrons. The van der Waals surface area contributed by atoms with E-state index in [0.29, 0.717) is 5.75 Å². The highest BCUT2D eigenvalue weighted by molar-refractivity contribution is 7.91. The first-order chi connectivity index (χ1) is 9.36. The maximum Gasteiger partial charge on any atom is 0.206 e. The van der Waals surface area contributed by atoms with E-state index in [2.05, 4.69) is 0 Å². The molecule has 0 saturated carbocycles. The summed E-state index contributed by atoms with van der Waals surface area (Å²) in [6.45, 7) is 0. The molecular weight excluding hydrogens is 304 g/mol. The van der Waals surface area contributed by atoms with Crippen LogP contribution in [0.5, 0.6) is 17.2 Å². The van der Waals surface area contributed by atoms with E-state index < -0.39 is 21.3 Å². The number of rotatable bonds is 3. The van der Waals surface area contributed by atoms with Crippen molar-refractivity contribution in [1.29, 1.82) is 0 Å². The van der Waals surface area contributed by atoms with Gasteiger partial charge in [0.15, 0.2) is 11.5 Å². The number of hydrogen-bond donors (Lipinski definition) is 2. The van der Waals surface area contributed by atoms with Gasteiger partial charge in [0.05, 0.1) is 21.9 Å². The molecule has 0 atom stereocenters. The van der Waals surface area contributed by atoms with E-state index in [0.717, 1.165) is 12.1 Å². The lowest BCUT2D eigenvalue weighted by Gasteiger charge is -2.08. The monoisotopic (exact) mass is 314 g/mol. The van der Waals surface area contributed by atoms with Crippen LogP contribution < -0.4 is 4.74 Å². The summed E-state index contributed by atoms with van der Waals surface area (Å²) in [5, 5.41) is 18.6. The quantitative estimate of drug-likeness (QED) is 0.851. The van der Waals surface area contributed by atoms with Gasteiger partial charge in [-0.3, -0.25) is 0 Å². The van der Waals surface area contributed by atoms with Crippen LogP contribution in [0.2, 0.25) is 5.02 Å². The molecule has 0 fully saturated rings. The van der Waals surface area contributed by atoms with Gasteiger partial charge in [0.1, 0.15) is 5.75 Å². The normalized spacial score (nSPS) is 11.3. The van der Waals surface area contributed by atoms with E-state index in [1.807, 2.05) is 0 Å². The maximum absolute atomic E-state index is 12.4. The number of halogens is 1.